The third-order valence-electron chi connectivity index (χ3n) is 4.86. The van der Waals surface area contributed by atoms with Gasteiger partial charge in [-0.1, -0.05) is 12.1 Å². The third-order valence-corrected chi connectivity index (χ3v) is 4.86. The molecule has 4 rings (SSSR count). The highest BCUT2D eigenvalue weighted by atomic mass is 19.1. The van der Waals surface area contributed by atoms with E-state index >= 15 is 0 Å². The predicted octanol–water partition coefficient (Wildman–Crippen LogP) is 3.34. The van der Waals surface area contributed by atoms with Crippen molar-refractivity contribution in [1.29, 1.82) is 0 Å². The zero-order chi connectivity index (χ0) is 19.0. The minimum atomic E-state index is -0.917. The van der Waals surface area contributed by atoms with Gasteiger partial charge in [-0.2, -0.15) is 5.10 Å². The summed E-state index contributed by atoms with van der Waals surface area (Å²) >= 11 is 0. The van der Waals surface area contributed by atoms with Crippen LogP contribution in [0.2, 0.25) is 0 Å². The SMILES string of the molecule is Cc1cc(NC(O)N2CCn3ncc(-c4ccc(F)cc4)c3C2)ccc1F. The molecule has 5 nitrogen and oxygen atoms in total. The first-order valence-electron chi connectivity index (χ1n) is 8.77. The number of aliphatic hydroxyl groups excluding tert-OH is 1. The largest absolute Gasteiger partial charge is 0.361 e. The summed E-state index contributed by atoms with van der Waals surface area (Å²) in [4.78, 5) is 1.88. The van der Waals surface area contributed by atoms with E-state index in [1.165, 1.54) is 18.2 Å². The molecule has 140 valence electrons. The van der Waals surface area contributed by atoms with Crippen LogP contribution < -0.4 is 5.32 Å². The van der Waals surface area contributed by atoms with Crippen LogP contribution in [-0.4, -0.2) is 32.7 Å². The van der Waals surface area contributed by atoms with Crippen LogP contribution in [0, 0.1) is 18.6 Å². The fourth-order valence-corrected chi connectivity index (χ4v) is 3.32. The summed E-state index contributed by atoms with van der Waals surface area (Å²) in [5, 5.41) is 18.0. The van der Waals surface area contributed by atoms with Crippen molar-refractivity contribution in [2.45, 2.75) is 26.4 Å². The van der Waals surface area contributed by atoms with Gasteiger partial charge >= 0.3 is 0 Å². The molecule has 7 heteroatoms. The van der Waals surface area contributed by atoms with Crippen molar-refractivity contribution in [2.24, 2.45) is 0 Å². The van der Waals surface area contributed by atoms with Crippen molar-refractivity contribution in [1.82, 2.24) is 14.7 Å². The van der Waals surface area contributed by atoms with Crippen molar-refractivity contribution < 1.29 is 13.9 Å². The van der Waals surface area contributed by atoms with Gasteiger partial charge < -0.3 is 10.4 Å². The van der Waals surface area contributed by atoms with Crippen LogP contribution in [0.5, 0.6) is 0 Å². The molecule has 0 amide bonds. The molecule has 1 aromatic heterocycles. The quantitative estimate of drug-likeness (QED) is 0.692. The number of hydrogen-bond acceptors (Lipinski definition) is 4. The molecule has 2 heterocycles. The number of hydrogen-bond donors (Lipinski definition) is 2. The minimum absolute atomic E-state index is 0.277. The van der Waals surface area contributed by atoms with Crippen LogP contribution in [0.4, 0.5) is 14.5 Å². The summed E-state index contributed by atoms with van der Waals surface area (Å²) in [6.07, 6.45) is 0.856. The monoisotopic (exact) mass is 370 g/mol. The highest BCUT2D eigenvalue weighted by molar-refractivity contribution is 5.65. The smallest absolute Gasteiger partial charge is 0.184 e. The maximum Gasteiger partial charge on any atom is 0.184 e. The summed E-state index contributed by atoms with van der Waals surface area (Å²) in [5.74, 6) is -0.559. The number of fused-ring (bicyclic) bond motifs is 1. The Hall–Kier alpha value is -2.77. The molecule has 2 N–H and O–H groups in total. The van der Waals surface area contributed by atoms with Gasteiger partial charge in [0.05, 0.1) is 18.4 Å². The number of nitrogens with zero attached hydrogens (tertiary/aromatic N) is 3. The average Bonchev–Trinajstić information content (AvgIpc) is 3.08. The van der Waals surface area contributed by atoms with Gasteiger partial charge in [0.1, 0.15) is 11.6 Å². The van der Waals surface area contributed by atoms with E-state index < -0.39 is 6.35 Å². The standard InChI is InChI=1S/C20H20F2N4O/c1-13-10-16(6-7-18(13)22)24-20(27)25-8-9-26-19(12-25)17(11-23-26)14-2-4-15(21)5-3-14/h2-7,10-11,20,24,27H,8-9,12H2,1H3. The van der Waals surface area contributed by atoms with Gasteiger partial charge in [0.2, 0.25) is 0 Å². The Morgan fingerprint density at radius 2 is 1.89 bits per heavy atom. The Bertz CT molecular complexity index is 955. The van der Waals surface area contributed by atoms with Crippen molar-refractivity contribution in [3.05, 3.63) is 71.6 Å². The van der Waals surface area contributed by atoms with Crippen LogP contribution >= 0.6 is 0 Å². The Kier molecular flexibility index (Phi) is 4.63. The van der Waals surface area contributed by atoms with Gasteiger partial charge in [-0.25, -0.2) is 8.78 Å². The molecule has 2 aromatic carbocycles. The molecule has 0 bridgehead atoms. The van der Waals surface area contributed by atoms with E-state index in [1.807, 2.05) is 9.58 Å². The molecule has 27 heavy (non-hydrogen) atoms. The molecular formula is C20H20F2N4O. The lowest BCUT2D eigenvalue weighted by atomic mass is 10.1. The van der Waals surface area contributed by atoms with E-state index in [0.717, 1.165) is 16.8 Å². The van der Waals surface area contributed by atoms with Gasteiger partial charge in [-0.3, -0.25) is 9.58 Å². The number of halogens is 2. The second-order valence-corrected chi connectivity index (χ2v) is 6.69. The van der Waals surface area contributed by atoms with Gasteiger partial charge in [0.25, 0.3) is 0 Å². The molecule has 0 aliphatic carbocycles. The van der Waals surface area contributed by atoms with Crippen LogP contribution in [0.25, 0.3) is 11.1 Å². The number of aryl methyl sites for hydroxylation is 1. The van der Waals surface area contributed by atoms with E-state index in [4.69, 9.17) is 0 Å². The molecule has 0 radical (unpaired) electrons. The first-order valence-corrected chi connectivity index (χ1v) is 8.77. The lowest BCUT2D eigenvalue weighted by Crippen LogP contribution is -2.45. The van der Waals surface area contributed by atoms with Crippen LogP contribution in [-0.2, 0) is 13.1 Å². The highest BCUT2D eigenvalue weighted by Gasteiger charge is 2.25. The van der Waals surface area contributed by atoms with E-state index in [9.17, 15) is 13.9 Å². The summed E-state index contributed by atoms with van der Waals surface area (Å²) in [6, 6.07) is 10.9. The molecule has 0 saturated carbocycles. The second kappa shape index (κ2) is 7.09. The minimum Gasteiger partial charge on any atom is -0.361 e. The van der Waals surface area contributed by atoms with E-state index in [-0.39, 0.29) is 11.6 Å². The maximum absolute atomic E-state index is 13.4. The summed E-state index contributed by atoms with van der Waals surface area (Å²) in [5.41, 5.74) is 3.94. The molecule has 0 fully saturated rings. The fourth-order valence-electron chi connectivity index (χ4n) is 3.32. The topological polar surface area (TPSA) is 53.3 Å². The summed E-state index contributed by atoms with van der Waals surface area (Å²) in [7, 11) is 0. The molecular weight excluding hydrogens is 350 g/mol. The molecule has 3 aromatic rings. The number of benzene rings is 2. The Balaban J connectivity index is 1.52. The molecule has 1 atom stereocenters. The lowest BCUT2D eigenvalue weighted by molar-refractivity contribution is 0.00647. The van der Waals surface area contributed by atoms with Crippen molar-refractivity contribution in [2.75, 3.05) is 11.9 Å². The van der Waals surface area contributed by atoms with E-state index in [0.29, 0.717) is 30.9 Å². The number of aliphatic hydroxyl groups is 1. The molecule has 1 aliphatic heterocycles. The van der Waals surface area contributed by atoms with Crippen LogP contribution in [0.3, 0.4) is 0 Å². The van der Waals surface area contributed by atoms with Gasteiger partial charge in [0, 0.05) is 24.3 Å². The van der Waals surface area contributed by atoms with E-state index in [1.54, 1.807) is 37.4 Å². The zero-order valence-corrected chi connectivity index (χ0v) is 14.9. The molecule has 0 saturated heterocycles. The Morgan fingerprint density at radius 3 is 2.63 bits per heavy atom. The number of rotatable bonds is 4. The normalized spacial score (nSPS) is 15.4. The third kappa shape index (κ3) is 3.56. The predicted molar refractivity (Wildman–Crippen MR) is 98.8 cm³/mol. The summed E-state index contributed by atoms with van der Waals surface area (Å²) < 4.78 is 28.5. The van der Waals surface area contributed by atoms with Gasteiger partial charge in [-0.05, 0) is 48.4 Å². The van der Waals surface area contributed by atoms with Crippen LogP contribution in [0.15, 0.2) is 48.7 Å². The van der Waals surface area contributed by atoms with Crippen molar-refractivity contribution >= 4 is 5.69 Å². The number of aromatic nitrogens is 2. The zero-order valence-electron chi connectivity index (χ0n) is 14.9. The van der Waals surface area contributed by atoms with Gasteiger partial charge in [0.15, 0.2) is 6.35 Å². The average molecular weight is 370 g/mol. The highest BCUT2D eigenvalue weighted by Crippen LogP contribution is 2.28. The molecule has 0 spiro atoms. The van der Waals surface area contributed by atoms with Crippen molar-refractivity contribution in [3.8, 4) is 11.1 Å². The first kappa shape index (κ1) is 17.6. The summed E-state index contributed by atoms with van der Waals surface area (Å²) in [6.45, 7) is 3.42. The van der Waals surface area contributed by atoms with E-state index in [2.05, 4.69) is 10.4 Å². The molecule has 1 aliphatic rings. The molecule has 1 unspecified atom stereocenters. The maximum atomic E-state index is 13.4. The lowest BCUT2D eigenvalue weighted by Gasteiger charge is -2.33. The fraction of sp³-hybridized carbons (Fsp3) is 0.250. The number of anilines is 1. The second-order valence-electron chi connectivity index (χ2n) is 6.69. The number of nitrogens with one attached hydrogen (secondary N) is 1. The first-order chi connectivity index (χ1) is 13.0. The van der Waals surface area contributed by atoms with Crippen LogP contribution in [0.1, 0.15) is 11.3 Å². The Labute approximate surface area is 155 Å². The van der Waals surface area contributed by atoms with Crippen molar-refractivity contribution in [3.63, 3.8) is 0 Å². The van der Waals surface area contributed by atoms with Gasteiger partial charge in [-0.15, -0.1) is 0 Å². The Morgan fingerprint density at radius 1 is 1.11 bits per heavy atom.